The molecule has 0 aliphatic rings. The number of rotatable bonds is 4. The van der Waals surface area contributed by atoms with Crippen molar-refractivity contribution in [2.24, 2.45) is 0 Å². The highest BCUT2D eigenvalue weighted by atomic mass is 35.5. The molecule has 0 unspecified atom stereocenters. The van der Waals surface area contributed by atoms with Crippen LogP contribution in [-0.4, -0.2) is 5.11 Å². The number of halogens is 2. The van der Waals surface area contributed by atoms with Gasteiger partial charge in [-0.15, -0.1) is 0 Å². The first-order valence-corrected chi connectivity index (χ1v) is 6.25. The van der Waals surface area contributed by atoms with Crippen LogP contribution in [0, 0.1) is 12.7 Å². The molecule has 0 aliphatic heterocycles. The van der Waals surface area contributed by atoms with Crippen molar-refractivity contribution in [2.75, 3.05) is 0 Å². The zero-order valence-electron chi connectivity index (χ0n) is 10.5. The SMILES string of the molecule is Cc1ccc(F)cc1COc1cccc(Cl)c1CO. The van der Waals surface area contributed by atoms with Gasteiger partial charge in [-0.1, -0.05) is 23.7 Å². The van der Waals surface area contributed by atoms with Crippen molar-refractivity contribution in [1.29, 1.82) is 0 Å². The summed E-state index contributed by atoms with van der Waals surface area (Å²) >= 11 is 5.97. The van der Waals surface area contributed by atoms with Crippen molar-refractivity contribution < 1.29 is 14.2 Å². The van der Waals surface area contributed by atoms with Gasteiger partial charge in [0, 0.05) is 10.6 Å². The Hall–Kier alpha value is -1.58. The van der Waals surface area contributed by atoms with Crippen LogP contribution >= 0.6 is 11.6 Å². The summed E-state index contributed by atoms with van der Waals surface area (Å²) in [5.41, 5.74) is 2.26. The number of aryl methyl sites for hydroxylation is 1. The third kappa shape index (κ3) is 3.25. The molecule has 0 aliphatic carbocycles. The summed E-state index contributed by atoms with van der Waals surface area (Å²) in [5, 5.41) is 9.73. The van der Waals surface area contributed by atoms with E-state index in [1.807, 2.05) is 6.92 Å². The number of benzene rings is 2. The summed E-state index contributed by atoms with van der Waals surface area (Å²) in [4.78, 5) is 0. The number of hydrogen-bond acceptors (Lipinski definition) is 2. The Kier molecular flexibility index (Phi) is 4.40. The van der Waals surface area contributed by atoms with Crippen molar-refractivity contribution in [3.63, 3.8) is 0 Å². The summed E-state index contributed by atoms with van der Waals surface area (Å²) in [6, 6.07) is 9.73. The van der Waals surface area contributed by atoms with Crippen LogP contribution in [0.1, 0.15) is 16.7 Å². The highest BCUT2D eigenvalue weighted by Gasteiger charge is 2.08. The molecule has 0 aromatic heterocycles. The average Bonchev–Trinajstić information content (AvgIpc) is 2.40. The first kappa shape index (κ1) is 13.8. The molecule has 0 amide bonds. The predicted octanol–water partition coefficient (Wildman–Crippen LogP) is 3.86. The van der Waals surface area contributed by atoms with E-state index in [0.717, 1.165) is 11.1 Å². The lowest BCUT2D eigenvalue weighted by molar-refractivity contribution is 0.258. The summed E-state index contributed by atoms with van der Waals surface area (Å²) in [7, 11) is 0. The van der Waals surface area contributed by atoms with E-state index in [1.165, 1.54) is 12.1 Å². The molecular formula is C15H14ClFO2. The number of hydrogen-bond donors (Lipinski definition) is 1. The van der Waals surface area contributed by atoms with Crippen molar-refractivity contribution >= 4 is 11.6 Å². The van der Waals surface area contributed by atoms with E-state index < -0.39 is 0 Å². The maximum absolute atomic E-state index is 13.2. The number of aliphatic hydroxyl groups is 1. The van der Waals surface area contributed by atoms with Crippen LogP contribution in [0.4, 0.5) is 4.39 Å². The average molecular weight is 281 g/mol. The maximum Gasteiger partial charge on any atom is 0.126 e. The van der Waals surface area contributed by atoms with Gasteiger partial charge in [-0.25, -0.2) is 4.39 Å². The summed E-state index contributed by atoms with van der Waals surface area (Å²) in [6.45, 7) is 1.93. The molecule has 0 fully saturated rings. The van der Waals surface area contributed by atoms with Crippen LogP contribution in [0.3, 0.4) is 0 Å². The molecule has 100 valence electrons. The Morgan fingerprint density at radius 3 is 2.79 bits per heavy atom. The molecule has 0 atom stereocenters. The van der Waals surface area contributed by atoms with E-state index in [4.69, 9.17) is 16.3 Å². The fourth-order valence-electron chi connectivity index (χ4n) is 1.78. The molecule has 0 spiro atoms. The van der Waals surface area contributed by atoms with Gasteiger partial charge >= 0.3 is 0 Å². The summed E-state index contributed by atoms with van der Waals surface area (Å²) in [6.07, 6.45) is 0. The lowest BCUT2D eigenvalue weighted by atomic mass is 10.1. The quantitative estimate of drug-likeness (QED) is 0.921. The predicted molar refractivity (Wildman–Crippen MR) is 72.8 cm³/mol. The largest absolute Gasteiger partial charge is 0.488 e. The monoisotopic (exact) mass is 280 g/mol. The first-order valence-electron chi connectivity index (χ1n) is 5.88. The van der Waals surface area contributed by atoms with Gasteiger partial charge in [0.1, 0.15) is 18.2 Å². The fourth-order valence-corrected chi connectivity index (χ4v) is 2.00. The topological polar surface area (TPSA) is 29.5 Å². The van der Waals surface area contributed by atoms with Crippen LogP contribution in [0.2, 0.25) is 5.02 Å². The van der Waals surface area contributed by atoms with Crippen LogP contribution in [-0.2, 0) is 13.2 Å². The van der Waals surface area contributed by atoms with E-state index in [1.54, 1.807) is 24.3 Å². The lowest BCUT2D eigenvalue weighted by Crippen LogP contribution is -2.01. The van der Waals surface area contributed by atoms with Crippen molar-refractivity contribution in [3.05, 3.63) is 63.9 Å². The van der Waals surface area contributed by atoms with Gasteiger partial charge in [-0.05, 0) is 42.3 Å². The zero-order chi connectivity index (χ0) is 13.8. The lowest BCUT2D eigenvalue weighted by Gasteiger charge is -2.12. The van der Waals surface area contributed by atoms with E-state index in [2.05, 4.69) is 0 Å². The van der Waals surface area contributed by atoms with Gasteiger partial charge in [-0.2, -0.15) is 0 Å². The van der Waals surface area contributed by atoms with Crippen molar-refractivity contribution in [2.45, 2.75) is 20.1 Å². The molecule has 1 N–H and O–H groups in total. The van der Waals surface area contributed by atoms with Crippen molar-refractivity contribution in [1.82, 2.24) is 0 Å². The first-order chi connectivity index (χ1) is 9.11. The van der Waals surface area contributed by atoms with E-state index in [-0.39, 0.29) is 19.0 Å². The minimum Gasteiger partial charge on any atom is -0.488 e. The third-order valence-corrected chi connectivity index (χ3v) is 3.28. The third-order valence-electron chi connectivity index (χ3n) is 2.93. The Balaban J connectivity index is 2.19. The van der Waals surface area contributed by atoms with Gasteiger partial charge in [0.2, 0.25) is 0 Å². The summed E-state index contributed by atoms with van der Waals surface area (Å²) < 4.78 is 18.8. The number of ether oxygens (including phenoxy) is 1. The molecule has 0 saturated carbocycles. The molecule has 2 aromatic carbocycles. The molecule has 4 heteroatoms. The molecule has 0 radical (unpaired) electrons. The van der Waals surface area contributed by atoms with Gasteiger partial charge in [0.15, 0.2) is 0 Å². The maximum atomic E-state index is 13.2. The van der Waals surface area contributed by atoms with Crippen LogP contribution < -0.4 is 4.74 Å². The molecule has 2 nitrogen and oxygen atoms in total. The fraction of sp³-hybridized carbons (Fsp3) is 0.200. The van der Waals surface area contributed by atoms with E-state index >= 15 is 0 Å². The Bertz CT molecular complexity index is 584. The minimum atomic E-state index is -0.294. The van der Waals surface area contributed by atoms with Crippen LogP contribution in [0.5, 0.6) is 5.75 Å². The molecule has 0 saturated heterocycles. The molecular weight excluding hydrogens is 267 g/mol. The van der Waals surface area contributed by atoms with E-state index in [0.29, 0.717) is 16.3 Å². The molecule has 0 bridgehead atoms. The zero-order valence-corrected chi connectivity index (χ0v) is 11.2. The van der Waals surface area contributed by atoms with Gasteiger partial charge in [-0.3, -0.25) is 0 Å². The van der Waals surface area contributed by atoms with Crippen LogP contribution in [0.25, 0.3) is 0 Å². The van der Waals surface area contributed by atoms with Gasteiger partial charge < -0.3 is 9.84 Å². The second kappa shape index (κ2) is 6.04. The second-order valence-corrected chi connectivity index (χ2v) is 4.64. The summed E-state index contributed by atoms with van der Waals surface area (Å²) in [5.74, 6) is 0.219. The Morgan fingerprint density at radius 2 is 2.05 bits per heavy atom. The molecule has 2 aromatic rings. The minimum absolute atomic E-state index is 0.197. The Morgan fingerprint density at radius 1 is 1.26 bits per heavy atom. The smallest absolute Gasteiger partial charge is 0.126 e. The standard InChI is InChI=1S/C15H14ClFO2/c1-10-5-6-12(17)7-11(10)9-19-15-4-2-3-14(16)13(15)8-18/h2-7,18H,8-9H2,1H3. The molecule has 19 heavy (non-hydrogen) atoms. The molecule has 2 rings (SSSR count). The normalized spacial score (nSPS) is 10.5. The molecule has 0 heterocycles. The van der Waals surface area contributed by atoms with Gasteiger partial charge in [0.05, 0.1) is 6.61 Å². The van der Waals surface area contributed by atoms with E-state index in [9.17, 15) is 9.50 Å². The second-order valence-electron chi connectivity index (χ2n) is 4.23. The Labute approximate surface area is 116 Å². The number of aliphatic hydroxyl groups excluding tert-OH is 1. The van der Waals surface area contributed by atoms with Crippen molar-refractivity contribution in [3.8, 4) is 5.75 Å². The van der Waals surface area contributed by atoms with Crippen LogP contribution in [0.15, 0.2) is 36.4 Å². The highest BCUT2D eigenvalue weighted by molar-refractivity contribution is 6.31. The van der Waals surface area contributed by atoms with Gasteiger partial charge in [0.25, 0.3) is 0 Å². The highest BCUT2D eigenvalue weighted by Crippen LogP contribution is 2.27.